The van der Waals surface area contributed by atoms with Crippen LogP contribution in [0.4, 0.5) is 13.2 Å². The lowest BCUT2D eigenvalue weighted by molar-refractivity contribution is -0.137. The molecule has 0 radical (unpaired) electrons. The van der Waals surface area contributed by atoms with Gasteiger partial charge in [0.1, 0.15) is 5.75 Å². The highest BCUT2D eigenvalue weighted by molar-refractivity contribution is 7.09. The summed E-state index contributed by atoms with van der Waals surface area (Å²) in [6.45, 7) is 0.859. The number of hydrogen-bond donors (Lipinski definition) is 1. The number of halogens is 3. The van der Waals surface area contributed by atoms with Crippen molar-refractivity contribution in [1.82, 2.24) is 0 Å². The van der Waals surface area contributed by atoms with E-state index in [1.54, 1.807) is 11.3 Å². The van der Waals surface area contributed by atoms with Crippen molar-refractivity contribution in [3.63, 3.8) is 0 Å². The maximum absolute atomic E-state index is 12.4. The standard InChI is InChI=1S/C15H16F3NOS/c16-15(17,18)12-3-5-13(6-4-12)20-10-11(9-19)8-14-2-1-7-21-14/h1-7,11H,8-10,19H2. The third kappa shape index (κ3) is 4.75. The van der Waals surface area contributed by atoms with E-state index in [2.05, 4.69) is 0 Å². The Kier molecular flexibility index (Phi) is 5.25. The van der Waals surface area contributed by atoms with Crippen molar-refractivity contribution in [2.24, 2.45) is 11.7 Å². The molecule has 0 aliphatic heterocycles. The molecule has 1 unspecified atom stereocenters. The molecule has 2 aromatic rings. The molecule has 0 aliphatic rings. The zero-order valence-corrected chi connectivity index (χ0v) is 12.1. The normalized spacial score (nSPS) is 13.1. The first-order valence-electron chi connectivity index (χ1n) is 6.51. The molecule has 0 aliphatic carbocycles. The van der Waals surface area contributed by atoms with Crippen molar-refractivity contribution in [3.05, 3.63) is 52.2 Å². The topological polar surface area (TPSA) is 35.2 Å². The zero-order chi connectivity index (χ0) is 15.3. The first-order chi connectivity index (χ1) is 9.99. The molecule has 1 aromatic heterocycles. The van der Waals surface area contributed by atoms with Crippen molar-refractivity contribution in [1.29, 1.82) is 0 Å². The van der Waals surface area contributed by atoms with Gasteiger partial charge in [-0.25, -0.2) is 0 Å². The van der Waals surface area contributed by atoms with E-state index in [0.29, 0.717) is 18.9 Å². The highest BCUT2D eigenvalue weighted by atomic mass is 32.1. The van der Waals surface area contributed by atoms with Gasteiger partial charge in [0.25, 0.3) is 0 Å². The van der Waals surface area contributed by atoms with Crippen LogP contribution < -0.4 is 10.5 Å². The molecular weight excluding hydrogens is 299 g/mol. The fourth-order valence-corrected chi connectivity index (χ4v) is 2.70. The van der Waals surface area contributed by atoms with Crippen LogP contribution in [0.5, 0.6) is 5.75 Å². The Balaban J connectivity index is 1.89. The van der Waals surface area contributed by atoms with Gasteiger partial charge in [-0.2, -0.15) is 13.2 Å². The summed E-state index contributed by atoms with van der Waals surface area (Å²) >= 11 is 1.66. The van der Waals surface area contributed by atoms with E-state index < -0.39 is 11.7 Å². The van der Waals surface area contributed by atoms with Gasteiger partial charge < -0.3 is 10.5 Å². The third-order valence-electron chi connectivity index (χ3n) is 3.07. The first-order valence-corrected chi connectivity index (χ1v) is 7.39. The van der Waals surface area contributed by atoms with E-state index in [1.807, 2.05) is 17.5 Å². The number of nitrogens with two attached hydrogens (primary N) is 1. The lowest BCUT2D eigenvalue weighted by Gasteiger charge is -2.15. The molecule has 2 rings (SSSR count). The highest BCUT2D eigenvalue weighted by Crippen LogP contribution is 2.30. The largest absolute Gasteiger partial charge is 0.493 e. The molecule has 1 aromatic carbocycles. The second kappa shape index (κ2) is 6.95. The lowest BCUT2D eigenvalue weighted by atomic mass is 10.1. The molecule has 114 valence electrons. The van der Waals surface area contributed by atoms with Crippen LogP contribution in [-0.2, 0) is 12.6 Å². The van der Waals surface area contributed by atoms with E-state index in [0.717, 1.165) is 18.6 Å². The molecule has 0 bridgehead atoms. The van der Waals surface area contributed by atoms with E-state index in [9.17, 15) is 13.2 Å². The van der Waals surface area contributed by atoms with Crippen LogP contribution in [0.2, 0.25) is 0 Å². The number of alkyl halides is 3. The van der Waals surface area contributed by atoms with Crippen LogP contribution in [0.15, 0.2) is 41.8 Å². The van der Waals surface area contributed by atoms with Gasteiger partial charge in [0.05, 0.1) is 12.2 Å². The van der Waals surface area contributed by atoms with Crippen molar-refractivity contribution < 1.29 is 17.9 Å². The second-order valence-corrected chi connectivity index (χ2v) is 5.75. The average molecular weight is 315 g/mol. The predicted octanol–water partition coefficient (Wildman–Crippen LogP) is 3.96. The van der Waals surface area contributed by atoms with Crippen LogP contribution >= 0.6 is 11.3 Å². The smallest absolute Gasteiger partial charge is 0.416 e. The molecule has 1 heterocycles. The summed E-state index contributed by atoms with van der Waals surface area (Å²) in [7, 11) is 0. The maximum atomic E-state index is 12.4. The van der Waals surface area contributed by atoms with Crippen molar-refractivity contribution in [2.45, 2.75) is 12.6 Å². The van der Waals surface area contributed by atoms with Crippen LogP contribution in [0.25, 0.3) is 0 Å². The van der Waals surface area contributed by atoms with Gasteiger partial charge in [-0.3, -0.25) is 0 Å². The molecule has 0 saturated heterocycles. The van der Waals surface area contributed by atoms with Crippen LogP contribution in [0, 0.1) is 5.92 Å². The van der Waals surface area contributed by atoms with Gasteiger partial charge in [0.15, 0.2) is 0 Å². The number of hydrogen-bond acceptors (Lipinski definition) is 3. The van der Waals surface area contributed by atoms with Crippen LogP contribution in [0.1, 0.15) is 10.4 Å². The summed E-state index contributed by atoms with van der Waals surface area (Å²) in [5.41, 5.74) is 5.03. The third-order valence-corrected chi connectivity index (χ3v) is 3.97. The minimum Gasteiger partial charge on any atom is -0.493 e. The van der Waals surface area contributed by atoms with Crippen LogP contribution in [0.3, 0.4) is 0 Å². The summed E-state index contributed by atoms with van der Waals surface area (Å²) in [6, 6.07) is 8.72. The van der Waals surface area contributed by atoms with Gasteiger partial charge in [-0.1, -0.05) is 6.07 Å². The van der Waals surface area contributed by atoms with Gasteiger partial charge in [-0.15, -0.1) is 11.3 Å². The van der Waals surface area contributed by atoms with Crippen molar-refractivity contribution >= 4 is 11.3 Å². The summed E-state index contributed by atoms with van der Waals surface area (Å²) in [4.78, 5) is 1.22. The first kappa shape index (κ1) is 15.9. The van der Waals surface area contributed by atoms with E-state index in [-0.39, 0.29) is 5.92 Å². The number of thiophene rings is 1. The molecule has 0 spiro atoms. The molecule has 1 atom stereocenters. The molecule has 0 fully saturated rings. The molecule has 0 saturated carbocycles. The molecule has 21 heavy (non-hydrogen) atoms. The zero-order valence-electron chi connectivity index (χ0n) is 11.3. The average Bonchev–Trinajstić information content (AvgIpc) is 2.96. The number of rotatable bonds is 6. The fraction of sp³-hybridized carbons (Fsp3) is 0.333. The Bertz CT molecular complexity index is 537. The molecule has 0 amide bonds. The van der Waals surface area contributed by atoms with Crippen molar-refractivity contribution in [2.75, 3.05) is 13.2 Å². The minimum atomic E-state index is -4.32. The Morgan fingerprint density at radius 2 is 1.86 bits per heavy atom. The Morgan fingerprint density at radius 3 is 2.38 bits per heavy atom. The molecular formula is C15H16F3NOS. The van der Waals surface area contributed by atoms with Crippen LogP contribution in [-0.4, -0.2) is 13.2 Å². The van der Waals surface area contributed by atoms with E-state index in [4.69, 9.17) is 10.5 Å². The lowest BCUT2D eigenvalue weighted by Crippen LogP contribution is -2.23. The monoisotopic (exact) mass is 315 g/mol. The fourth-order valence-electron chi connectivity index (χ4n) is 1.88. The molecule has 2 nitrogen and oxygen atoms in total. The SMILES string of the molecule is NCC(COc1ccc(C(F)(F)F)cc1)Cc1cccs1. The van der Waals surface area contributed by atoms with Crippen molar-refractivity contribution in [3.8, 4) is 5.75 Å². The summed E-state index contributed by atoms with van der Waals surface area (Å²) < 4.78 is 42.9. The van der Waals surface area contributed by atoms with E-state index in [1.165, 1.54) is 17.0 Å². The molecule has 2 N–H and O–H groups in total. The number of benzene rings is 1. The van der Waals surface area contributed by atoms with Gasteiger partial charge in [0, 0.05) is 10.8 Å². The maximum Gasteiger partial charge on any atom is 0.416 e. The molecule has 6 heteroatoms. The summed E-state index contributed by atoms with van der Waals surface area (Å²) in [5, 5.41) is 2.00. The van der Waals surface area contributed by atoms with Gasteiger partial charge >= 0.3 is 6.18 Å². The highest BCUT2D eigenvalue weighted by Gasteiger charge is 2.30. The minimum absolute atomic E-state index is 0.144. The Hall–Kier alpha value is -1.53. The summed E-state index contributed by atoms with van der Waals surface area (Å²) in [6.07, 6.45) is -3.51. The second-order valence-electron chi connectivity index (χ2n) is 4.72. The van der Waals surface area contributed by atoms with Gasteiger partial charge in [0.2, 0.25) is 0 Å². The van der Waals surface area contributed by atoms with Gasteiger partial charge in [-0.05, 0) is 48.7 Å². The summed E-state index contributed by atoms with van der Waals surface area (Å²) in [5.74, 6) is 0.568. The number of ether oxygens (including phenoxy) is 1. The quantitative estimate of drug-likeness (QED) is 0.875. The Morgan fingerprint density at radius 1 is 1.14 bits per heavy atom. The Labute approximate surface area is 125 Å². The predicted molar refractivity (Wildman–Crippen MR) is 77.5 cm³/mol. The van der Waals surface area contributed by atoms with E-state index >= 15 is 0 Å².